The fraction of sp³-hybridized carbons (Fsp3) is 0.368. The summed E-state index contributed by atoms with van der Waals surface area (Å²) in [5.41, 5.74) is 2.96. The summed E-state index contributed by atoms with van der Waals surface area (Å²) in [6, 6.07) is 12.6. The first kappa shape index (κ1) is 15.7. The molecule has 0 aromatic heterocycles. The van der Waals surface area contributed by atoms with E-state index in [2.05, 4.69) is 6.92 Å². The van der Waals surface area contributed by atoms with Crippen LogP contribution in [0.25, 0.3) is 11.1 Å². The van der Waals surface area contributed by atoms with Gasteiger partial charge < -0.3 is 5.11 Å². The van der Waals surface area contributed by atoms with E-state index in [9.17, 15) is 9.50 Å². The molecular weight excluding hydrogens is 263 g/mol. The molecule has 0 radical (unpaired) electrons. The van der Waals surface area contributed by atoms with Gasteiger partial charge in [-0.1, -0.05) is 64.1 Å². The molecule has 0 aliphatic heterocycles. The van der Waals surface area contributed by atoms with Gasteiger partial charge in [-0.25, -0.2) is 4.39 Å². The lowest BCUT2D eigenvalue weighted by atomic mass is 9.81. The Balaban J connectivity index is 2.64. The van der Waals surface area contributed by atoms with Gasteiger partial charge in [0.1, 0.15) is 5.82 Å². The number of benzene rings is 2. The highest BCUT2D eigenvalue weighted by Crippen LogP contribution is 2.39. The fourth-order valence-electron chi connectivity index (χ4n) is 2.45. The highest BCUT2D eigenvalue weighted by atomic mass is 19.1. The van der Waals surface area contributed by atoms with E-state index >= 15 is 0 Å². The lowest BCUT2D eigenvalue weighted by molar-refractivity contribution is 0.0631. The van der Waals surface area contributed by atoms with Gasteiger partial charge in [0.25, 0.3) is 0 Å². The van der Waals surface area contributed by atoms with Crippen LogP contribution in [0.1, 0.15) is 44.9 Å². The predicted molar refractivity (Wildman–Crippen MR) is 85.6 cm³/mol. The minimum Gasteiger partial charge on any atom is -0.388 e. The highest BCUT2D eigenvalue weighted by Gasteiger charge is 2.27. The second kappa shape index (κ2) is 5.98. The van der Waals surface area contributed by atoms with Crippen molar-refractivity contribution in [3.8, 4) is 11.1 Å². The minimum absolute atomic E-state index is 0.260. The van der Waals surface area contributed by atoms with Crippen molar-refractivity contribution in [3.05, 3.63) is 59.4 Å². The predicted octanol–water partition coefficient (Wildman–Crippen LogP) is 5.13. The summed E-state index contributed by atoms with van der Waals surface area (Å²) in [4.78, 5) is 0. The number of hydrogen-bond donors (Lipinski definition) is 1. The maximum absolute atomic E-state index is 14.1. The first-order valence-electron chi connectivity index (χ1n) is 7.40. The molecule has 2 aromatic carbocycles. The van der Waals surface area contributed by atoms with Gasteiger partial charge in [-0.05, 0) is 34.6 Å². The molecule has 0 heterocycles. The average molecular weight is 286 g/mol. The second-order valence-corrected chi connectivity index (χ2v) is 6.52. The number of halogens is 1. The molecule has 2 aromatic rings. The Hall–Kier alpha value is -1.67. The lowest BCUT2D eigenvalue weighted by Gasteiger charge is -2.28. The Labute approximate surface area is 126 Å². The first-order chi connectivity index (χ1) is 9.84. The largest absolute Gasteiger partial charge is 0.388 e. The summed E-state index contributed by atoms with van der Waals surface area (Å²) in [6.07, 6.45) is 0.250. The van der Waals surface area contributed by atoms with Gasteiger partial charge in [0.15, 0.2) is 0 Å². The van der Waals surface area contributed by atoms with Crippen molar-refractivity contribution in [1.82, 2.24) is 0 Å². The SMILES string of the molecule is CCc1ccc(-c2ccccc2F)c([C@H](O)C(C)(C)C)c1. The molecule has 0 amide bonds. The number of rotatable bonds is 3. The molecule has 1 atom stereocenters. The molecule has 0 fully saturated rings. The van der Waals surface area contributed by atoms with Crippen molar-refractivity contribution in [3.63, 3.8) is 0 Å². The topological polar surface area (TPSA) is 20.2 Å². The molecule has 2 rings (SSSR count). The molecule has 1 nitrogen and oxygen atoms in total. The van der Waals surface area contributed by atoms with Crippen LogP contribution in [0.3, 0.4) is 0 Å². The van der Waals surface area contributed by atoms with Crippen molar-refractivity contribution in [2.75, 3.05) is 0 Å². The van der Waals surface area contributed by atoms with E-state index < -0.39 is 6.10 Å². The van der Waals surface area contributed by atoms with Gasteiger partial charge in [-0.2, -0.15) is 0 Å². The van der Waals surface area contributed by atoms with E-state index in [0.717, 1.165) is 23.1 Å². The molecule has 0 spiro atoms. The van der Waals surface area contributed by atoms with Gasteiger partial charge in [0.2, 0.25) is 0 Å². The lowest BCUT2D eigenvalue weighted by Crippen LogP contribution is -2.19. The van der Waals surface area contributed by atoms with E-state index in [0.29, 0.717) is 5.56 Å². The number of hydrogen-bond acceptors (Lipinski definition) is 1. The van der Waals surface area contributed by atoms with Crippen molar-refractivity contribution in [1.29, 1.82) is 0 Å². The monoisotopic (exact) mass is 286 g/mol. The fourth-order valence-corrected chi connectivity index (χ4v) is 2.45. The average Bonchev–Trinajstić information content (AvgIpc) is 2.45. The molecule has 0 aliphatic rings. The summed E-state index contributed by atoms with van der Waals surface area (Å²) in [5, 5.41) is 10.7. The normalized spacial score (nSPS) is 13.2. The molecular formula is C19H23FO. The van der Waals surface area contributed by atoms with E-state index in [1.165, 1.54) is 6.07 Å². The van der Waals surface area contributed by atoms with Crippen molar-refractivity contribution in [2.45, 2.75) is 40.2 Å². The Kier molecular flexibility index (Phi) is 4.48. The zero-order chi connectivity index (χ0) is 15.6. The number of aliphatic hydroxyl groups is 1. The van der Waals surface area contributed by atoms with Crippen LogP contribution >= 0.6 is 0 Å². The molecule has 0 saturated heterocycles. The van der Waals surface area contributed by atoms with Crippen LogP contribution in [0, 0.1) is 11.2 Å². The van der Waals surface area contributed by atoms with Crippen molar-refractivity contribution < 1.29 is 9.50 Å². The zero-order valence-electron chi connectivity index (χ0n) is 13.2. The van der Waals surface area contributed by atoms with Crippen LogP contribution in [0.15, 0.2) is 42.5 Å². The molecule has 112 valence electrons. The molecule has 2 heteroatoms. The maximum atomic E-state index is 14.1. The molecule has 1 N–H and O–H groups in total. The van der Waals surface area contributed by atoms with Crippen LogP contribution in [-0.4, -0.2) is 5.11 Å². The van der Waals surface area contributed by atoms with Gasteiger partial charge in [-0.3, -0.25) is 0 Å². The van der Waals surface area contributed by atoms with Gasteiger partial charge in [0, 0.05) is 5.56 Å². The Morgan fingerprint density at radius 3 is 2.29 bits per heavy atom. The molecule has 0 bridgehead atoms. The van der Waals surface area contributed by atoms with Gasteiger partial charge in [0.05, 0.1) is 6.10 Å². The van der Waals surface area contributed by atoms with Crippen LogP contribution in [0.5, 0.6) is 0 Å². The third-order valence-corrected chi connectivity index (χ3v) is 3.80. The molecule has 0 unspecified atom stereocenters. The van der Waals surface area contributed by atoms with Gasteiger partial charge >= 0.3 is 0 Å². The zero-order valence-corrected chi connectivity index (χ0v) is 13.2. The van der Waals surface area contributed by atoms with Crippen molar-refractivity contribution in [2.24, 2.45) is 5.41 Å². The van der Waals surface area contributed by atoms with Crippen LogP contribution < -0.4 is 0 Å². The Bertz CT molecular complexity index is 626. The van der Waals surface area contributed by atoms with E-state index in [1.807, 2.05) is 45.0 Å². The number of aliphatic hydroxyl groups excluding tert-OH is 1. The quantitative estimate of drug-likeness (QED) is 0.828. The maximum Gasteiger partial charge on any atom is 0.131 e. The second-order valence-electron chi connectivity index (χ2n) is 6.52. The molecule has 21 heavy (non-hydrogen) atoms. The standard InChI is InChI=1S/C19H23FO/c1-5-13-10-11-14(15-8-6-7-9-17(15)20)16(12-13)18(21)19(2,3)4/h6-12,18,21H,5H2,1-4H3/t18-/m0/s1. The Morgan fingerprint density at radius 2 is 1.71 bits per heavy atom. The summed E-state index contributed by atoms with van der Waals surface area (Å²) in [6.45, 7) is 8.04. The number of aryl methyl sites for hydroxylation is 1. The third kappa shape index (κ3) is 3.33. The molecule has 0 saturated carbocycles. The van der Waals surface area contributed by atoms with E-state index in [-0.39, 0.29) is 11.2 Å². The minimum atomic E-state index is -0.640. The summed E-state index contributed by atoms with van der Waals surface area (Å²) in [7, 11) is 0. The summed E-state index contributed by atoms with van der Waals surface area (Å²) in [5.74, 6) is -0.260. The van der Waals surface area contributed by atoms with Crippen molar-refractivity contribution >= 4 is 0 Å². The Morgan fingerprint density at radius 1 is 1.05 bits per heavy atom. The molecule has 0 aliphatic carbocycles. The van der Waals surface area contributed by atoms with E-state index in [1.54, 1.807) is 12.1 Å². The van der Waals surface area contributed by atoms with Crippen LogP contribution in [-0.2, 0) is 6.42 Å². The smallest absolute Gasteiger partial charge is 0.131 e. The summed E-state index contributed by atoms with van der Waals surface area (Å²) < 4.78 is 14.1. The first-order valence-corrected chi connectivity index (χ1v) is 7.40. The third-order valence-electron chi connectivity index (χ3n) is 3.80. The van der Waals surface area contributed by atoms with Crippen LogP contribution in [0.2, 0.25) is 0 Å². The van der Waals surface area contributed by atoms with E-state index in [4.69, 9.17) is 0 Å². The summed E-state index contributed by atoms with van der Waals surface area (Å²) >= 11 is 0. The van der Waals surface area contributed by atoms with Gasteiger partial charge in [-0.15, -0.1) is 0 Å². The van der Waals surface area contributed by atoms with Crippen LogP contribution in [0.4, 0.5) is 4.39 Å². The highest BCUT2D eigenvalue weighted by molar-refractivity contribution is 5.69.